The Hall–Kier alpha value is -0.570. The normalized spacial score (nSPS) is 9.56. The van der Waals surface area contributed by atoms with Gasteiger partial charge in [-0.3, -0.25) is 0 Å². The molecule has 0 atom stereocenters. The lowest BCUT2D eigenvalue weighted by Gasteiger charge is -1.93. The van der Waals surface area contributed by atoms with Crippen molar-refractivity contribution in [3.63, 3.8) is 0 Å². The van der Waals surface area contributed by atoms with Crippen molar-refractivity contribution in [2.24, 2.45) is 7.05 Å². The van der Waals surface area contributed by atoms with Crippen LogP contribution in [-0.2, 0) is 7.05 Å². The third-order valence-electron chi connectivity index (χ3n) is 1.15. The van der Waals surface area contributed by atoms with Crippen LogP contribution >= 0.6 is 15.9 Å². The summed E-state index contributed by atoms with van der Waals surface area (Å²) in [5, 5.41) is 0. The first-order chi connectivity index (χ1) is 4.25. The minimum Gasteiger partial charge on any atom is -0.322 e. The number of imidazole rings is 1. The van der Waals surface area contributed by atoms with E-state index >= 15 is 0 Å². The van der Waals surface area contributed by atoms with Crippen molar-refractivity contribution in [2.75, 3.05) is 0 Å². The lowest BCUT2D eigenvalue weighted by Crippen LogP contribution is -1.90. The molecule has 3 heteroatoms. The van der Waals surface area contributed by atoms with Crippen LogP contribution in [0.1, 0.15) is 5.82 Å². The second kappa shape index (κ2) is 2.35. The van der Waals surface area contributed by atoms with Crippen LogP contribution in [0.15, 0.2) is 17.4 Å². The van der Waals surface area contributed by atoms with Gasteiger partial charge < -0.3 is 4.57 Å². The number of aromatic nitrogens is 2. The molecule has 0 bridgehead atoms. The number of nitrogens with zero attached hydrogens (tertiary/aromatic N) is 2. The predicted molar refractivity (Wildman–Crippen MR) is 41.0 cm³/mol. The van der Waals surface area contributed by atoms with Crippen LogP contribution in [0.2, 0.25) is 0 Å². The van der Waals surface area contributed by atoms with Crippen molar-refractivity contribution < 1.29 is 0 Å². The van der Waals surface area contributed by atoms with Gasteiger partial charge in [-0.25, -0.2) is 4.98 Å². The molecule has 0 amide bonds. The first kappa shape index (κ1) is 6.55. The van der Waals surface area contributed by atoms with E-state index in [1.165, 1.54) is 0 Å². The van der Waals surface area contributed by atoms with E-state index in [0.717, 1.165) is 10.4 Å². The molecular formula is C6H7BrN2. The average molecular weight is 187 g/mol. The molecule has 0 radical (unpaired) electrons. The number of hydrogen-bond donors (Lipinski definition) is 0. The van der Waals surface area contributed by atoms with Gasteiger partial charge in [0.05, 0.1) is 6.20 Å². The molecule has 0 spiro atoms. The maximum absolute atomic E-state index is 4.03. The van der Waals surface area contributed by atoms with E-state index in [0.29, 0.717) is 0 Å². The number of hydrogen-bond acceptors (Lipinski definition) is 1. The third kappa shape index (κ3) is 1.05. The van der Waals surface area contributed by atoms with Crippen LogP contribution in [0.5, 0.6) is 0 Å². The van der Waals surface area contributed by atoms with Crippen LogP contribution in [-0.4, -0.2) is 9.55 Å². The molecule has 0 aromatic carbocycles. The first-order valence-corrected chi connectivity index (χ1v) is 3.34. The highest BCUT2D eigenvalue weighted by atomic mass is 79.9. The second-order valence-electron chi connectivity index (χ2n) is 1.70. The zero-order valence-electron chi connectivity index (χ0n) is 5.13. The lowest BCUT2D eigenvalue weighted by molar-refractivity contribution is 0.876. The standard InChI is InChI=1S/C6H7BrN2/c1-3-6-8-4-5(7)9(6)2/h3-4H,1H2,2H3. The molecule has 0 N–H and O–H groups in total. The van der Waals surface area contributed by atoms with Crippen molar-refractivity contribution in [1.29, 1.82) is 0 Å². The van der Waals surface area contributed by atoms with Crippen molar-refractivity contribution >= 4 is 22.0 Å². The largest absolute Gasteiger partial charge is 0.322 e. The van der Waals surface area contributed by atoms with Crippen LogP contribution in [0, 0.1) is 0 Å². The summed E-state index contributed by atoms with van der Waals surface area (Å²) in [5.74, 6) is 0.877. The maximum Gasteiger partial charge on any atom is 0.132 e. The molecule has 0 saturated carbocycles. The van der Waals surface area contributed by atoms with Gasteiger partial charge in [0.25, 0.3) is 0 Å². The molecule has 0 aliphatic rings. The van der Waals surface area contributed by atoms with Gasteiger partial charge >= 0.3 is 0 Å². The van der Waals surface area contributed by atoms with Crippen molar-refractivity contribution in [3.8, 4) is 0 Å². The summed E-state index contributed by atoms with van der Waals surface area (Å²) >= 11 is 3.31. The summed E-state index contributed by atoms with van der Waals surface area (Å²) in [5.41, 5.74) is 0. The Bertz CT molecular complexity index is 227. The van der Waals surface area contributed by atoms with E-state index in [-0.39, 0.29) is 0 Å². The third-order valence-corrected chi connectivity index (χ3v) is 1.89. The Morgan fingerprint density at radius 1 is 1.89 bits per heavy atom. The predicted octanol–water partition coefficient (Wildman–Crippen LogP) is 1.83. The molecule has 0 fully saturated rings. The Balaban J connectivity index is 3.18. The van der Waals surface area contributed by atoms with Gasteiger partial charge in [0, 0.05) is 7.05 Å². The minimum absolute atomic E-state index is 0.877. The molecule has 0 unspecified atom stereocenters. The van der Waals surface area contributed by atoms with E-state index in [2.05, 4.69) is 27.5 Å². The molecule has 0 aliphatic heterocycles. The fourth-order valence-electron chi connectivity index (χ4n) is 0.592. The van der Waals surface area contributed by atoms with Gasteiger partial charge in [0.2, 0.25) is 0 Å². The van der Waals surface area contributed by atoms with E-state index in [4.69, 9.17) is 0 Å². The van der Waals surface area contributed by atoms with Crippen LogP contribution in [0.3, 0.4) is 0 Å². The van der Waals surface area contributed by atoms with Gasteiger partial charge in [0.15, 0.2) is 0 Å². The Kier molecular flexibility index (Phi) is 1.71. The van der Waals surface area contributed by atoms with Crippen LogP contribution in [0.4, 0.5) is 0 Å². The molecule has 1 rings (SSSR count). The van der Waals surface area contributed by atoms with Gasteiger partial charge in [0.1, 0.15) is 10.4 Å². The molecule has 48 valence electrons. The SMILES string of the molecule is C=Cc1ncc(Br)n1C. The Labute approximate surface area is 62.3 Å². The molecular weight excluding hydrogens is 180 g/mol. The summed E-state index contributed by atoms with van der Waals surface area (Å²) in [4.78, 5) is 4.03. The van der Waals surface area contributed by atoms with Gasteiger partial charge in [-0.2, -0.15) is 0 Å². The topological polar surface area (TPSA) is 17.8 Å². The van der Waals surface area contributed by atoms with Crippen molar-refractivity contribution in [1.82, 2.24) is 9.55 Å². The Morgan fingerprint density at radius 2 is 2.56 bits per heavy atom. The molecule has 9 heavy (non-hydrogen) atoms. The molecule has 0 saturated heterocycles. The van der Waals surface area contributed by atoms with Crippen molar-refractivity contribution in [3.05, 3.63) is 23.2 Å². The highest BCUT2D eigenvalue weighted by Gasteiger charge is 1.96. The number of halogens is 1. The molecule has 1 aromatic heterocycles. The summed E-state index contributed by atoms with van der Waals surface area (Å²) in [6.07, 6.45) is 3.46. The van der Waals surface area contributed by atoms with E-state index in [1.807, 2.05) is 11.6 Å². The summed E-state index contributed by atoms with van der Waals surface area (Å²) in [7, 11) is 1.92. The molecule has 0 aliphatic carbocycles. The minimum atomic E-state index is 0.877. The smallest absolute Gasteiger partial charge is 0.132 e. The fraction of sp³-hybridized carbons (Fsp3) is 0.167. The second-order valence-corrected chi connectivity index (χ2v) is 2.51. The number of rotatable bonds is 1. The van der Waals surface area contributed by atoms with E-state index < -0.39 is 0 Å². The lowest BCUT2D eigenvalue weighted by atomic mass is 10.6. The average Bonchev–Trinajstić information content (AvgIpc) is 2.15. The zero-order valence-corrected chi connectivity index (χ0v) is 6.72. The highest BCUT2D eigenvalue weighted by Crippen LogP contribution is 2.09. The van der Waals surface area contributed by atoms with E-state index in [1.54, 1.807) is 12.3 Å². The van der Waals surface area contributed by atoms with Crippen molar-refractivity contribution in [2.45, 2.75) is 0 Å². The quantitative estimate of drug-likeness (QED) is 0.655. The summed E-state index contributed by atoms with van der Waals surface area (Å²) in [6.45, 7) is 3.60. The molecule has 1 heterocycles. The van der Waals surface area contributed by atoms with Gasteiger partial charge in [-0.1, -0.05) is 6.58 Å². The zero-order chi connectivity index (χ0) is 6.85. The van der Waals surface area contributed by atoms with Crippen LogP contribution < -0.4 is 0 Å². The first-order valence-electron chi connectivity index (χ1n) is 2.55. The van der Waals surface area contributed by atoms with Gasteiger partial charge in [-0.15, -0.1) is 0 Å². The summed E-state index contributed by atoms with van der Waals surface area (Å²) < 4.78 is 2.88. The van der Waals surface area contributed by atoms with Crippen LogP contribution in [0.25, 0.3) is 6.08 Å². The maximum atomic E-state index is 4.03. The monoisotopic (exact) mass is 186 g/mol. The fourth-order valence-corrected chi connectivity index (χ4v) is 0.876. The van der Waals surface area contributed by atoms with Gasteiger partial charge in [-0.05, 0) is 22.0 Å². The summed E-state index contributed by atoms with van der Waals surface area (Å²) in [6, 6.07) is 0. The van der Waals surface area contributed by atoms with E-state index in [9.17, 15) is 0 Å². The molecule has 1 aromatic rings. The Morgan fingerprint density at radius 3 is 2.78 bits per heavy atom. The highest BCUT2D eigenvalue weighted by molar-refractivity contribution is 9.10. The molecule has 2 nitrogen and oxygen atoms in total.